The highest BCUT2D eigenvalue weighted by atomic mass is 15.2. The standard InChI is InChI=1S/C66H94N5/c1-7-19-53(20-8-1)47-68(48-54-21-9-2-10-22-54)61-35-31-59(32-36-61)67-60-33-37-64(38-34-60)71(65-43-39-62(40-44-65)69(49-55-23-11-3-12-24-55)50-56-25-13-4-14-26-56)66-45-41-63(42-46-66)70(51-57-27-15-5-16-28-57)52-58-29-17-6-18-30-58/h31-46,53-58H,1-30,47-52H2/q+1. The second-order valence-electron chi connectivity index (χ2n) is 24.3. The van der Waals surface area contributed by atoms with Crippen molar-refractivity contribution in [3.8, 4) is 0 Å². The van der Waals surface area contributed by atoms with Crippen molar-refractivity contribution in [2.24, 2.45) is 40.5 Å². The summed E-state index contributed by atoms with van der Waals surface area (Å²) in [4.78, 5) is 13.3. The molecule has 6 fully saturated rings. The largest absolute Gasteiger partial charge is 0.371 e. The third kappa shape index (κ3) is 14.6. The van der Waals surface area contributed by atoms with Crippen molar-refractivity contribution in [3.05, 3.63) is 97.1 Å². The summed E-state index contributed by atoms with van der Waals surface area (Å²) in [5.74, 6) is 4.98. The summed E-state index contributed by atoms with van der Waals surface area (Å²) in [6.07, 6.45) is 51.5. The average Bonchev–Trinajstić information content (AvgIpc) is 3.43. The minimum atomic E-state index is 0.826. The van der Waals surface area contributed by atoms with E-state index in [0.717, 1.165) is 46.9 Å². The Morgan fingerprint density at radius 2 is 0.606 bits per heavy atom. The fourth-order valence-corrected chi connectivity index (χ4v) is 14.6. The number of hydrogen-bond acceptors (Lipinski definition) is 4. The maximum atomic E-state index is 5.22. The molecule has 7 aliphatic carbocycles. The van der Waals surface area contributed by atoms with Crippen LogP contribution >= 0.6 is 0 Å². The zero-order chi connectivity index (χ0) is 47.9. The molecule has 0 bridgehead atoms. The minimum Gasteiger partial charge on any atom is -0.371 e. The van der Waals surface area contributed by atoms with Crippen LogP contribution in [0.1, 0.15) is 193 Å². The third-order valence-corrected chi connectivity index (χ3v) is 18.7. The van der Waals surface area contributed by atoms with Crippen LogP contribution in [0.2, 0.25) is 0 Å². The van der Waals surface area contributed by atoms with Crippen LogP contribution in [0.15, 0.2) is 102 Å². The van der Waals surface area contributed by atoms with Crippen molar-refractivity contribution in [3.63, 3.8) is 0 Å². The maximum Gasteiger partial charge on any atom is 0.200 e. The summed E-state index contributed by atoms with van der Waals surface area (Å²) < 4.78 is 2.76. The molecule has 0 amide bonds. The van der Waals surface area contributed by atoms with Crippen molar-refractivity contribution >= 4 is 45.5 Å². The van der Waals surface area contributed by atoms with Crippen LogP contribution in [0.25, 0.3) is 0 Å². The lowest BCUT2D eigenvalue weighted by atomic mass is 9.86. The summed E-state index contributed by atoms with van der Waals surface area (Å²) in [7, 11) is 0. The first-order chi connectivity index (χ1) is 35.1. The zero-order valence-electron chi connectivity index (χ0n) is 44.4. The molecule has 0 radical (unpaired) electrons. The first kappa shape index (κ1) is 50.4. The van der Waals surface area contributed by atoms with Crippen molar-refractivity contribution < 1.29 is 4.58 Å². The molecule has 10 rings (SSSR count). The number of allylic oxidation sites excluding steroid dienone is 4. The van der Waals surface area contributed by atoms with Gasteiger partial charge in [0.05, 0.1) is 11.4 Å². The smallest absolute Gasteiger partial charge is 0.200 e. The van der Waals surface area contributed by atoms with Gasteiger partial charge in [0.15, 0.2) is 5.71 Å². The first-order valence-corrected chi connectivity index (χ1v) is 30.3. The van der Waals surface area contributed by atoms with E-state index in [0.29, 0.717) is 0 Å². The lowest BCUT2D eigenvalue weighted by Crippen LogP contribution is -2.35. The van der Waals surface area contributed by atoms with Crippen molar-refractivity contribution in [1.82, 2.24) is 0 Å². The van der Waals surface area contributed by atoms with Gasteiger partial charge in [-0.3, -0.25) is 0 Å². The number of benzene rings is 3. The van der Waals surface area contributed by atoms with E-state index in [9.17, 15) is 0 Å². The molecule has 5 nitrogen and oxygen atoms in total. The normalized spacial score (nSPS) is 21.6. The highest BCUT2D eigenvalue weighted by Gasteiger charge is 2.28. The SMILES string of the molecule is C1=CC(=[N+](CC2CCCCC2)CC2CCCCC2)C=CC1=Nc1ccc(N(c2ccc(N(CC3CCCCC3)CC3CCCCC3)cc2)c2ccc(N(CC3CCCCC3)CC3CCCCC3)cc2)cc1. The molecule has 382 valence electrons. The molecule has 0 saturated heterocycles. The van der Waals surface area contributed by atoms with E-state index >= 15 is 0 Å². The molecule has 0 aromatic heterocycles. The van der Waals surface area contributed by atoms with Gasteiger partial charge in [-0.25, -0.2) is 9.57 Å². The summed E-state index contributed by atoms with van der Waals surface area (Å²) in [5.41, 5.74) is 9.89. The molecule has 3 aromatic rings. The molecule has 71 heavy (non-hydrogen) atoms. The van der Waals surface area contributed by atoms with Crippen LogP contribution in [-0.2, 0) is 0 Å². The number of anilines is 5. The Morgan fingerprint density at radius 1 is 0.324 bits per heavy atom. The van der Waals surface area contributed by atoms with Crippen molar-refractivity contribution in [2.75, 3.05) is 54.0 Å². The Kier molecular flexibility index (Phi) is 18.6. The first-order valence-electron chi connectivity index (χ1n) is 30.3. The molecule has 0 heterocycles. The lowest BCUT2D eigenvalue weighted by molar-refractivity contribution is -0.542. The Bertz CT molecular complexity index is 2000. The van der Waals surface area contributed by atoms with Gasteiger partial charge in [0.25, 0.3) is 0 Å². The molecule has 0 N–H and O–H groups in total. The number of hydrogen-bond donors (Lipinski definition) is 0. The van der Waals surface area contributed by atoms with Gasteiger partial charge in [-0.1, -0.05) is 116 Å². The molecular formula is C66H94N5+. The molecule has 7 aliphatic rings. The number of rotatable bonds is 18. The van der Waals surface area contributed by atoms with Gasteiger partial charge >= 0.3 is 0 Å². The van der Waals surface area contributed by atoms with Gasteiger partial charge in [0.1, 0.15) is 13.1 Å². The molecule has 5 heteroatoms. The Morgan fingerprint density at radius 3 is 0.930 bits per heavy atom. The van der Waals surface area contributed by atoms with Gasteiger partial charge in [-0.2, -0.15) is 0 Å². The molecule has 0 atom stereocenters. The number of nitrogens with zero attached hydrogens (tertiary/aromatic N) is 5. The summed E-state index contributed by atoms with van der Waals surface area (Å²) in [6.45, 7) is 7.29. The van der Waals surface area contributed by atoms with Gasteiger partial charge in [-0.15, -0.1) is 0 Å². The van der Waals surface area contributed by atoms with E-state index in [1.54, 1.807) is 0 Å². The summed E-state index contributed by atoms with van der Waals surface area (Å²) in [6, 6.07) is 28.6. The Hall–Kier alpha value is -4.12. The van der Waals surface area contributed by atoms with Crippen LogP contribution in [0, 0.1) is 35.5 Å². The maximum absolute atomic E-state index is 5.22. The third-order valence-electron chi connectivity index (χ3n) is 18.7. The highest BCUT2D eigenvalue weighted by molar-refractivity contribution is 6.17. The average molecular weight is 958 g/mol. The Balaban J connectivity index is 0.911. The van der Waals surface area contributed by atoms with E-state index in [1.165, 1.54) is 266 Å². The predicted octanol–water partition coefficient (Wildman–Crippen LogP) is 17.9. The van der Waals surface area contributed by atoms with Gasteiger partial charge < -0.3 is 14.7 Å². The van der Waals surface area contributed by atoms with E-state index < -0.39 is 0 Å². The van der Waals surface area contributed by atoms with Crippen molar-refractivity contribution in [2.45, 2.75) is 193 Å². The van der Waals surface area contributed by atoms with E-state index in [4.69, 9.17) is 4.99 Å². The minimum absolute atomic E-state index is 0.826. The quantitative estimate of drug-likeness (QED) is 0.0938. The van der Waals surface area contributed by atoms with Crippen LogP contribution in [0.4, 0.5) is 34.1 Å². The molecule has 6 saturated carbocycles. The van der Waals surface area contributed by atoms with Crippen LogP contribution in [0.5, 0.6) is 0 Å². The topological polar surface area (TPSA) is 25.1 Å². The summed E-state index contributed by atoms with van der Waals surface area (Å²) in [5, 5.41) is 0. The zero-order valence-corrected chi connectivity index (χ0v) is 44.4. The van der Waals surface area contributed by atoms with E-state index in [2.05, 4.69) is 116 Å². The molecule has 3 aromatic carbocycles. The van der Waals surface area contributed by atoms with E-state index in [-0.39, 0.29) is 0 Å². The second-order valence-corrected chi connectivity index (χ2v) is 24.3. The molecule has 0 spiro atoms. The van der Waals surface area contributed by atoms with Crippen LogP contribution in [0.3, 0.4) is 0 Å². The predicted molar refractivity (Wildman–Crippen MR) is 305 cm³/mol. The number of aliphatic imine (C=N–C) groups is 1. The van der Waals surface area contributed by atoms with Gasteiger partial charge in [0.2, 0.25) is 0 Å². The van der Waals surface area contributed by atoms with Crippen LogP contribution in [-0.4, -0.2) is 55.3 Å². The lowest BCUT2D eigenvalue weighted by Gasteiger charge is -2.36. The fourth-order valence-electron chi connectivity index (χ4n) is 14.6. The molecular weight excluding hydrogens is 863 g/mol. The fraction of sp³-hybridized carbons (Fsp3) is 0.636. The van der Waals surface area contributed by atoms with Gasteiger partial charge in [0, 0.05) is 78.6 Å². The summed E-state index contributed by atoms with van der Waals surface area (Å²) >= 11 is 0. The molecule has 0 unspecified atom stereocenters. The van der Waals surface area contributed by atoms with Crippen LogP contribution < -0.4 is 14.7 Å². The second kappa shape index (κ2) is 26.2. The van der Waals surface area contributed by atoms with E-state index in [1.807, 2.05) is 0 Å². The Labute approximate surface area is 432 Å². The molecule has 0 aliphatic heterocycles. The van der Waals surface area contributed by atoms with Gasteiger partial charge in [-0.05, 0) is 186 Å². The van der Waals surface area contributed by atoms with Crippen molar-refractivity contribution in [1.29, 1.82) is 0 Å². The monoisotopic (exact) mass is 957 g/mol. The highest BCUT2D eigenvalue weighted by Crippen LogP contribution is 2.40.